The van der Waals surface area contributed by atoms with Gasteiger partial charge in [0, 0.05) is 19.6 Å². The van der Waals surface area contributed by atoms with Crippen LogP contribution in [0, 0.1) is 0 Å². The van der Waals surface area contributed by atoms with Crippen molar-refractivity contribution in [2.75, 3.05) is 32.8 Å². The van der Waals surface area contributed by atoms with Crippen LogP contribution in [0.4, 0.5) is 0 Å². The summed E-state index contributed by atoms with van der Waals surface area (Å²) in [5.74, 6) is -0.448. The summed E-state index contributed by atoms with van der Waals surface area (Å²) >= 11 is 12.4. The average Bonchev–Trinajstić information content (AvgIpc) is 2.74. The molecule has 0 radical (unpaired) electrons. The number of amides is 1. The predicted octanol–water partition coefficient (Wildman–Crippen LogP) is 4.28. The van der Waals surface area contributed by atoms with Crippen LogP contribution in [0.15, 0.2) is 41.3 Å². The third kappa shape index (κ3) is 5.83. The molecule has 1 heterocycles. The number of ether oxygens (including phenoxy) is 1. The van der Waals surface area contributed by atoms with Crippen molar-refractivity contribution >= 4 is 39.1 Å². The maximum atomic E-state index is 13.0. The highest BCUT2D eigenvalue weighted by Gasteiger charge is 2.30. The van der Waals surface area contributed by atoms with E-state index < -0.39 is 15.9 Å². The van der Waals surface area contributed by atoms with Crippen molar-refractivity contribution in [3.05, 3.63) is 63.1 Å². The summed E-state index contributed by atoms with van der Waals surface area (Å²) in [7, 11) is -3.86. The van der Waals surface area contributed by atoms with Crippen molar-refractivity contribution in [2.45, 2.75) is 37.5 Å². The van der Waals surface area contributed by atoms with Gasteiger partial charge in [-0.25, -0.2) is 8.42 Å². The number of halogens is 2. The highest BCUT2D eigenvalue weighted by atomic mass is 35.5. The summed E-state index contributed by atoms with van der Waals surface area (Å²) in [5.41, 5.74) is 2.49. The van der Waals surface area contributed by atoms with Gasteiger partial charge in [-0.15, -0.1) is 0 Å². The molecule has 3 rings (SSSR count). The standard InChI is InChI=1S/C23H28Cl2N2O4S/c1-23(2,3)17-6-4-16(5-7-17)8-9-26-22(28)18-14-21(20(25)15-19(18)24)32(29,30)27-10-12-31-13-11-27/h4-7,14-15H,8-13H2,1-3H3,(H,26,28). The van der Waals surface area contributed by atoms with Gasteiger partial charge < -0.3 is 10.1 Å². The van der Waals surface area contributed by atoms with Gasteiger partial charge in [-0.2, -0.15) is 4.31 Å². The van der Waals surface area contributed by atoms with E-state index in [0.717, 1.165) is 5.56 Å². The van der Waals surface area contributed by atoms with Crippen LogP contribution in [0.3, 0.4) is 0 Å². The zero-order chi connectivity index (χ0) is 23.5. The van der Waals surface area contributed by atoms with Gasteiger partial charge in [0.15, 0.2) is 0 Å². The Kier molecular flexibility index (Phi) is 7.89. The van der Waals surface area contributed by atoms with Crippen molar-refractivity contribution < 1.29 is 17.9 Å². The molecule has 1 aliphatic heterocycles. The minimum absolute atomic E-state index is 0.0167. The molecule has 0 aromatic heterocycles. The molecule has 174 valence electrons. The van der Waals surface area contributed by atoms with Crippen LogP contribution in [0.5, 0.6) is 0 Å². The van der Waals surface area contributed by atoms with Crippen LogP contribution in [0.1, 0.15) is 42.3 Å². The first-order chi connectivity index (χ1) is 15.0. The van der Waals surface area contributed by atoms with E-state index >= 15 is 0 Å². The second kappa shape index (κ2) is 10.1. The van der Waals surface area contributed by atoms with E-state index in [1.807, 2.05) is 0 Å². The predicted molar refractivity (Wildman–Crippen MR) is 127 cm³/mol. The smallest absolute Gasteiger partial charge is 0.252 e. The molecule has 0 unspecified atom stereocenters. The van der Waals surface area contributed by atoms with Crippen LogP contribution in [0.2, 0.25) is 10.0 Å². The molecule has 1 N–H and O–H groups in total. The summed E-state index contributed by atoms with van der Waals surface area (Å²) in [6.45, 7) is 7.96. The Morgan fingerprint density at radius 1 is 1.06 bits per heavy atom. The fraction of sp³-hybridized carbons (Fsp3) is 0.435. The number of carbonyl (C=O) groups is 1. The second-order valence-corrected chi connectivity index (χ2v) is 11.5. The van der Waals surface area contributed by atoms with Gasteiger partial charge in [-0.1, -0.05) is 68.2 Å². The Morgan fingerprint density at radius 2 is 1.69 bits per heavy atom. The maximum absolute atomic E-state index is 13.0. The Bertz CT molecular complexity index is 1070. The first-order valence-corrected chi connectivity index (χ1v) is 12.6. The molecule has 2 aromatic carbocycles. The summed E-state index contributed by atoms with van der Waals surface area (Å²) in [4.78, 5) is 12.6. The Labute approximate surface area is 199 Å². The molecule has 0 atom stereocenters. The van der Waals surface area contributed by atoms with Gasteiger partial charge in [0.2, 0.25) is 10.0 Å². The molecular formula is C23H28Cl2N2O4S. The lowest BCUT2D eigenvalue weighted by atomic mass is 9.86. The number of rotatable bonds is 6. The number of hydrogen-bond acceptors (Lipinski definition) is 4. The van der Waals surface area contributed by atoms with Crippen LogP contribution in [-0.2, 0) is 26.6 Å². The number of nitrogens with zero attached hydrogens (tertiary/aromatic N) is 1. The lowest BCUT2D eigenvalue weighted by Gasteiger charge is -2.26. The molecule has 0 spiro atoms. The van der Waals surface area contributed by atoms with E-state index in [9.17, 15) is 13.2 Å². The summed E-state index contributed by atoms with van der Waals surface area (Å²) in [6, 6.07) is 10.8. The highest BCUT2D eigenvalue weighted by Crippen LogP contribution is 2.31. The van der Waals surface area contributed by atoms with E-state index in [1.165, 1.54) is 22.0 Å². The van der Waals surface area contributed by atoms with E-state index in [4.69, 9.17) is 27.9 Å². The molecule has 9 heteroatoms. The maximum Gasteiger partial charge on any atom is 0.252 e. The van der Waals surface area contributed by atoms with Crippen molar-refractivity contribution in [2.24, 2.45) is 0 Å². The summed E-state index contributed by atoms with van der Waals surface area (Å²) in [5, 5.41) is 2.90. The minimum atomic E-state index is -3.86. The number of benzene rings is 2. The van der Waals surface area contributed by atoms with Crippen molar-refractivity contribution in [3.8, 4) is 0 Å². The quantitative estimate of drug-likeness (QED) is 0.644. The lowest BCUT2D eigenvalue weighted by molar-refractivity contribution is 0.0730. The van der Waals surface area contributed by atoms with E-state index in [0.29, 0.717) is 26.2 Å². The van der Waals surface area contributed by atoms with Crippen LogP contribution in [-0.4, -0.2) is 51.5 Å². The number of morpholine rings is 1. The van der Waals surface area contributed by atoms with Crippen molar-refractivity contribution in [1.82, 2.24) is 9.62 Å². The van der Waals surface area contributed by atoms with Crippen LogP contribution < -0.4 is 5.32 Å². The molecule has 1 fully saturated rings. The number of sulfonamides is 1. The van der Waals surface area contributed by atoms with E-state index in [2.05, 4.69) is 50.4 Å². The zero-order valence-electron chi connectivity index (χ0n) is 18.5. The molecule has 0 bridgehead atoms. The molecule has 1 aliphatic rings. The van der Waals surface area contributed by atoms with Gasteiger partial charge in [0.25, 0.3) is 5.91 Å². The molecule has 6 nitrogen and oxygen atoms in total. The first kappa shape index (κ1) is 25.0. The molecule has 0 aliphatic carbocycles. The first-order valence-electron chi connectivity index (χ1n) is 10.4. The zero-order valence-corrected chi connectivity index (χ0v) is 20.8. The normalized spacial score (nSPS) is 15.5. The molecule has 1 amide bonds. The van der Waals surface area contributed by atoms with Crippen LogP contribution in [0.25, 0.3) is 0 Å². The molecule has 1 saturated heterocycles. The molecule has 0 saturated carbocycles. The second-order valence-electron chi connectivity index (χ2n) is 8.73. The van der Waals surface area contributed by atoms with E-state index in [1.54, 1.807) is 0 Å². The van der Waals surface area contributed by atoms with Gasteiger partial charge in [0.1, 0.15) is 4.90 Å². The number of nitrogens with one attached hydrogen (secondary N) is 1. The van der Waals surface area contributed by atoms with Gasteiger partial charge >= 0.3 is 0 Å². The topological polar surface area (TPSA) is 75.7 Å². The molecular weight excluding hydrogens is 471 g/mol. The number of hydrogen-bond donors (Lipinski definition) is 1. The van der Waals surface area contributed by atoms with Crippen molar-refractivity contribution in [3.63, 3.8) is 0 Å². The highest BCUT2D eigenvalue weighted by molar-refractivity contribution is 7.89. The average molecular weight is 499 g/mol. The fourth-order valence-electron chi connectivity index (χ4n) is 3.41. The largest absolute Gasteiger partial charge is 0.379 e. The van der Waals surface area contributed by atoms with Gasteiger partial charge in [-0.3, -0.25) is 4.79 Å². The molecule has 2 aromatic rings. The summed E-state index contributed by atoms with van der Waals surface area (Å²) < 4.78 is 32.5. The van der Waals surface area contributed by atoms with Crippen LogP contribution >= 0.6 is 23.2 Å². The van der Waals surface area contributed by atoms with Crippen molar-refractivity contribution in [1.29, 1.82) is 0 Å². The lowest BCUT2D eigenvalue weighted by Crippen LogP contribution is -2.40. The fourth-order valence-corrected chi connectivity index (χ4v) is 5.66. The summed E-state index contributed by atoms with van der Waals surface area (Å²) in [6.07, 6.45) is 0.639. The van der Waals surface area contributed by atoms with E-state index in [-0.39, 0.29) is 39.0 Å². The number of carbonyl (C=O) groups excluding carboxylic acids is 1. The monoisotopic (exact) mass is 498 g/mol. The third-order valence-corrected chi connectivity index (χ3v) is 8.05. The van der Waals surface area contributed by atoms with Gasteiger partial charge in [-0.05, 0) is 35.1 Å². The van der Waals surface area contributed by atoms with Gasteiger partial charge in [0.05, 0.1) is 28.8 Å². The Morgan fingerprint density at radius 3 is 2.28 bits per heavy atom. The minimum Gasteiger partial charge on any atom is -0.379 e. The SMILES string of the molecule is CC(C)(C)c1ccc(CCNC(=O)c2cc(S(=O)(=O)N3CCOCC3)c(Cl)cc2Cl)cc1. The Balaban J connectivity index is 1.70. The third-order valence-electron chi connectivity index (χ3n) is 5.37. The molecule has 32 heavy (non-hydrogen) atoms. The Hall–Kier alpha value is -1.64.